The first kappa shape index (κ1) is 21.0. The predicted octanol–water partition coefficient (Wildman–Crippen LogP) is 2.78. The van der Waals surface area contributed by atoms with Crippen molar-refractivity contribution >= 4 is 15.9 Å². The summed E-state index contributed by atoms with van der Waals surface area (Å²) in [6, 6.07) is 9.47. The maximum Gasteiger partial charge on any atom is 0.243 e. The topological polar surface area (TPSA) is 88.9 Å². The number of furan rings is 1. The molecule has 8 heteroatoms. The number of hydrogen-bond acceptors (Lipinski definition) is 5. The molecule has 0 aliphatic heterocycles. The number of nitrogens with zero attached hydrogens (tertiary/aromatic N) is 1. The summed E-state index contributed by atoms with van der Waals surface area (Å²) in [6.07, 6.45) is 1.46. The Bertz CT molecular complexity index is 837. The molecular formula is C19H26N2O5S. The lowest BCUT2D eigenvalue weighted by Crippen LogP contribution is -2.47. The fourth-order valence-electron chi connectivity index (χ4n) is 2.44. The van der Waals surface area contributed by atoms with Crippen molar-refractivity contribution in [2.45, 2.75) is 44.7 Å². The fourth-order valence-corrected chi connectivity index (χ4v) is 3.81. The van der Waals surface area contributed by atoms with Gasteiger partial charge in [0, 0.05) is 5.54 Å². The van der Waals surface area contributed by atoms with Gasteiger partial charge in [0.15, 0.2) is 0 Å². The van der Waals surface area contributed by atoms with Crippen molar-refractivity contribution in [3.8, 4) is 5.75 Å². The number of rotatable bonds is 8. The molecule has 1 heterocycles. The number of ether oxygens (including phenoxy) is 1. The SMILES string of the molecule is CCOc1ccc(S(=O)(=O)N(CC(=O)NC(C)(C)C)Cc2ccco2)cc1. The molecule has 2 aromatic rings. The second-order valence-electron chi connectivity index (χ2n) is 7.06. The van der Waals surface area contributed by atoms with Gasteiger partial charge in [-0.15, -0.1) is 0 Å². The first-order valence-corrected chi connectivity index (χ1v) is 10.1. The zero-order valence-electron chi connectivity index (χ0n) is 16.1. The molecule has 0 aliphatic carbocycles. The highest BCUT2D eigenvalue weighted by molar-refractivity contribution is 7.89. The quantitative estimate of drug-likeness (QED) is 0.744. The third kappa shape index (κ3) is 6.11. The van der Waals surface area contributed by atoms with E-state index in [-0.39, 0.29) is 23.9 Å². The monoisotopic (exact) mass is 394 g/mol. The number of carbonyl (C=O) groups is 1. The zero-order valence-corrected chi connectivity index (χ0v) is 16.9. The largest absolute Gasteiger partial charge is 0.494 e. The van der Waals surface area contributed by atoms with Crippen molar-refractivity contribution in [2.75, 3.05) is 13.2 Å². The number of hydrogen-bond donors (Lipinski definition) is 1. The number of carbonyl (C=O) groups excluding carboxylic acids is 1. The van der Waals surface area contributed by atoms with Crippen molar-refractivity contribution < 1.29 is 22.4 Å². The molecule has 2 rings (SSSR count). The number of sulfonamides is 1. The van der Waals surface area contributed by atoms with Gasteiger partial charge in [0.05, 0.1) is 30.9 Å². The van der Waals surface area contributed by atoms with Crippen molar-refractivity contribution in [1.29, 1.82) is 0 Å². The first-order valence-electron chi connectivity index (χ1n) is 8.68. The normalized spacial score (nSPS) is 12.2. The van der Waals surface area contributed by atoms with Gasteiger partial charge < -0.3 is 14.5 Å². The molecule has 0 aliphatic rings. The molecule has 0 unspecified atom stereocenters. The Balaban J connectivity index is 2.28. The van der Waals surface area contributed by atoms with Gasteiger partial charge in [0.1, 0.15) is 11.5 Å². The second kappa shape index (κ2) is 8.58. The summed E-state index contributed by atoms with van der Waals surface area (Å²) in [4.78, 5) is 12.4. The van der Waals surface area contributed by atoms with Gasteiger partial charge in [0.25, 0.3) is 0 Å². The van der Waals surface area contributed by atoms with E-state index in [0.717, 1.165) is 4.31 Å². The summed E-state index contributed by atoms with van der Waals surface area (Å²) < 4.78 is 37.9. The number of amides is 1. The molecule has 1 amide bonds. The van der Waals surface area contributed by atoms with E-state index in [1.807, 2.05) is 27.7 Å². The van der Waals surface area contributed by atoms with Crippen LogP contribution in [0, 0.1) is 0 Å². The lowest BCUT2D eigenvalue weighted by atomic mass is 10.1. The van der Waals surface area contributed by atoms with Gasteiger partial charge in [-0.05, 0) is 64.1 Å². The first-order chi connectivity index (χ1) is 12.6. The van der Waals surface area contributed by atoms with Crippen LogP contribution in [0.2, 0.25) is 0 Å². The molecule has 7 nitrogen and oxygen atoms in total. The average molecular weight is 394 g/mol. The standard InChI is InChI=1S/C19H26N2O5S/c1-5-25-15-8-10-17(11-9-15)27(23,24)21(13-16-7-6-12-26-16)14-18(22)20-19(2,3)4/h6-12H,5,13-14H2,1-4H3,(H,20,22). The fraction of sp³-hybridized carbons (Fsp3) is 0.421. The van der Waals surface area contributed by atoms with Crippen molar-refractivity contribution in [3.05, 3.63) is 48.4 Å². The van der Waals surface area contributed by atoms with E-state index in [4.69, 9.17) is 9.15 Å². The van der Waals surface area contributed by atoms with Crippen LogP contribution in [0.3, 0.4) is 0 Å². The van der Waals surface area contributed by atoms with E-state index >= 15 is 0 Å². The second-order valence-corrected chi connectivity index (χ2v) is 8.99. The van der Waals surface area contributed by atoms with Crippen LogP contribution in [-0.4, -0.2) is 37.3 Å². The van der Waals surface area contributed by atoms with Crippen molar-refractivity contribution in [3.63, 3.8) is 0 Å². The molecule has 0 spiro atoms. The Morgan fingerprint density at radius 1 is 1.19 bits per heavy atom. The minimum atomic E-state index is -3.90. The van der Waals surface area contributed by atoms with Gasteiger partial charge in [0.2, 0.25) is 15.9 Å². The van der Waals surface area contributed by atoms with E-state index in [9.17, 15) is 13.2 Å². The minimum absolute atomic E-state index is 0.0416. The van der Waals surface area contributed by atoms with Crippen LogP contribution < -0.4 is 10.1 Å². The highest BCUT2D eigenvalue weighted by Gasteiger charge is 2.28. The third-order valence-corrected chi connectivity index (χ3v) is 5.33. The lowest BCUT2D eigenvalue weighted by Gasteiger charge is -2.25. The Labute approximate surface area is 160 Å². The van der Waals surface area contributed by atoms with Crippen LogP contribution in [0.5, 0.6) is 5.75 Å². The van der Waals surface area contributed by atoms with Crippen LogP contribution in [0.4, 0.5) is 0 Å². The number of nitrogens with one attached hydrogen (secondary N) is 1. The van der Waals surface area contributed by atoms with Crippen LogP contribution >= 0.6 is 0 Å². The van der Waals surface area contributed by atoms with E-state index in [2.05, 4.69) is 5.32 Å². The minimum Gasteiger partial charge on any atom is -0.494 e. The van der Waals surface area contributed by atoms with Crippen LogP contribution in [0.15, 0.2) is 52.0 Å². The molecule has 0 atom stereocenters. The Morgan fingerprint density at radius 3 is 2.37 bits per heavy atom. The zero-order chi connectivity index (χ0) is 20.1. The average Bonchev–Trinajstić information content (AvgIpc) is 3.06. The van der Waals surface area contributed by atoms with Gasteiger partial charge in [-0.2, -0.15) is 4.31 Å². The van der Waals surface area contributed by atoms with Crippen LogP contribution in [-0.2, 0) is 21.4 Å². The van der Waals surface area contributed by atoms with Gasteiger partial charge in [-0.3, -0.25) is 4.79 Å². The van der Waals surface area contributed by atoms with Crippen LogP contribution in [0.1, 0.15) is 33.5 Å². The van der Waals surface area contributed by atoms with E-state index in [0.29, 0.717) is 18.1 Å². The Hall–Kier alpha value is -2.32. The number of benzene rings is 1. The molecule has 148 valence electrons. The van der Waals surface area contributed by atoms with E-state index in [1.165, 1.54) is 18.4 Å². The van der Waals surface area contributed by atoms with Crippen molar-refractivity contribution in [2.24, 2.45) is 0 Å². The summed E-state index contributed by atoms with van der Waals surface area (Å²) in [5, 5.41) is 2.78. The van der Waals surface area contributed by atoms with Crippen molar-refractivity contribution in [1.82, 2.24) is 9.62 Å². The maximum absolute atomic E-state index is 13.1. The molecule has 1 aromatic heterocycles. The highest BCUT2D eigenvalue weighted by atomic mass is 32.2. The van der Waals surface area contributed by atoms with Gasteiger partial charge >= 0.3 is 0 Å². The van der Waals surface area contributed by atoms with Gasteiger partial charge in [-0.25, -0.2) is 8.42 Å². The van der Waals surface area contributed by atoms with Crippen LogP contribution in [0.25, 0.3) is 0 Å². The molecular weight excluding hydrogens is 368 g/mol. The summed E-state index contributed by atoms with van der Waals surface area (Å²) in [5.41, 5.74) is -0.462. The molecule has 1 aromatic carbocycles. The van der Waals surface area contributed by atoms with E-state index < -0.39 is 15.6 Å². The summed E-state index contributed by atoms with van der Waals surface area (Å²) in [5.74, 6) is 0.649. The highest BCUT2D eigenvalue weighted by Crippen LogP contribution is 2.21. The predicted molar refractivity (Wildman–Crippen MR) is 102 cm³/mol. The molecule has 0 bridgehead atoms. The lowest BCUT2D eigenvalue weighted by molar-refractivity contribution is -0.122. The summed E-state index contributed by atoms with van der Waals surface area (Å²) in [7, 11) is -3.90. The Morgan fingerprint density at radius 2 is 1.85 bits per heavy atom. The summed E-state index contributed by atoms with van der Waals surface area (Å²) >= 11 is 0. The van der Waals surface area contributed by atoms with Gasteiger partial charge in [-0.1, -0.05) is 0 Å². The molecule has 0 saturated heterocycles. The maximum atomic E-state index is 13.1. The third-order valence-electron chi connectivity index (χ3n) is 3.52. The molecule has 0 radical (unpaired) electrons. The smallest absolute Gasteiger partial charge is 0.243 e. The van der Waals surface area contributed by atoms with E-state index in [1.54, 1.807) is 24.3 Å². The summed E-state index contributed by atoms with van der Waals surface area (Å²) in [6.45, 7) is 7.50. The molecule has 0 saturated carbocycles. The Kier molecular flexibility index (Phi) is 6.67. The molecule has 1 N–H and O–H groups in total. The molecule has 0 fully saturated rings. The molecule has 27 heavy (non-hydrogen) atoms.